The van der Waals surface area contributed by atoms with E-state index in [-0.39, 0.29) is 0 Å². The summed E-state index contributed by atoms with van der Waals surface area (Å²) < 4.78 is 0. The highest BCUT2D eigenvalue weighted by Gasteiger charge is 2.26. The minimum Gasteiger partial charge on any atom is -0.369 e. The first kappa shape index (κ1) is 19.3. The van der Waals surface area contributed by atoms with Gasteiger partial charge in [-0.2, -0.15) is 0 Å². The number of fused-ring (bicyclic) bond motifs is 2. The molecule has 1 aliphatic carbocycles. The summed E-state index contributed by atoms with van der Waals surface area (Å²) in [5, 5.41) is 1.97. The number of pyridine rings is 1. The SMILES string of the molecule is C=C(c1ccc2c(Cl)c3c(nc2c1)CCCC3)N1CCN(C(=C)C)C(CC)C1. The van der Waals surface area contributed by atoms with Gasteiger partial charge in [0, 0.05) is 48.2 Å². The summed E-state index contributed by atoms with van der Waals surface area (Å²) in [5.74, 6) is 0. The number of halogens is 1. The van der Waals surface area contributed by atoms with E-state index >= 15 is 0 Å². The van der Waals surface area contributed by atoms with Gasteiger partial charge in [0.1, 0.15) is 0 Å². The Kier molecular flexibility index (Phi) is 5.37. The second-order valence-corrected chi connectivity index (χ2v) is 8.55. The van der Waals surface area contributed by atoms with E-state index < -0.39 is 0 Å². The third kappa shape index (κ3) is 3.41. The Labute approximate surface area is 173 Å². The van der Waals surface area contributed by atoms with Gasteiger partial charge in [-0.25, -0.2) is 0 Å². The standard InChI is InChI=1S/C24H30ClN3/c1-5-19-15-27(12-13-28(19)16(2)3)17(4)18-10-11-21-23(14-18)26-22-9-7-6-8-20(22)24(21)25/h10-11,14,19H,2,4-9,12-13,15H2,1,3H3. The predicted octanol–water partition coefficient (Wildman–Crippen LogP) is 5.67. The lowest BCUT2D eigenvalue weighted by Gasteiger charge is -2.44. The average Bonchev–Trinajstić information content (AvgIpc) is 2.72. The smallest absolute Gasteiger partial charge is 0.0727 e. The number of hydrogen-bond donors (Lipinski definition) is 0. The normalized spacial score (nSPS) is 19.6. The summed E-state index contributed by atoms with van der Waals surface area (Å²) in [6.45, 7) is 15.9. The molecule has 1 aromatic heterocycles. The van der Waals surface area contributed by atoms with Crippen molar-refractivity contribution in [1.82, 2.24) is 14.8 Å². The monoisotopic (exact) mass is 395 g/mol. The molecule has 2 aliphatic rings. The van der Waals surface area contributed by atoms with Gasteiger partial charge in [0.2, 0.25) is 0 Å². The van der Waals surface area contributed by atoms with Crippen molar-refractivity contribution in [3.05, 3.63) is 58.9 Å². The Morgan fingerprint density at radius 1 is 1.21 bits per heavy atom. The van der Waals surface area contributed by atoms with Crippen LogP contribution in [-0.2, 0) is 12.8 Å². The van der Waals surface area contributed by atoms with Crippen LogP contribution < -0.4 is 0 Å². The van der Waals surface area contributed by atoms with Gasteiger partial charge in [0.05, 0.1) is 10.5 Å². The molecule has 0 N–H and O–H groups in total. The molecule has 4 heteroatoms. The lowest BCUT2D eigenvalue weighted by Crippen LogP contribution is -2.50. The lowest BCUT2D eigenvalue weighted by molar-refractivity contribution is 0.139. The van der Waals surface area contributed by atoms with Crippen molar-refractivity contribution >= 4 is 28.2 Å². The van der Waals surface area contributed by atoms with Gasteiger partial charge in [-0.1, -0.05) is 43.8 Å². The number of aromatic nitrogens is 1. The first-order valence-electron chi connectivity index (χ1n) is 10.5. The molecule has 1 fully saturated rings. The summed E-state index contributed by atoms with van der Waals surface area (Å²) in [5.41, 5.74) is 6.83. The quantitative estimate of drug-likeness (QED) is 0.665. The number of nitrogens with zero attached hydrogens (tertiary/aromatic N) is 3. The Hall–Kier alpha value is -2.00. The average molecular weight is 396 g/mol. The summed E-state index contributed by atoms with van der Waals surface area (Å²) in [4.78, 5) is 9.81. The first-order chi connectivity index (χ1) is 13.5. The summed E-state index contributed by atoms with van der Waals surface area (Å²) in [6.07, 6.45) is 5.62. The van der Waals surface area contributed by atoms with E-state index in [0.717, 1.165) is 71.8 Å². The minimum absolute atomic E-state index is 0.489. The molecular weight excluding hydrogens is 366 g/mol. The second-order valence-electron chi connectivity index (χ2n) is 8.17. The minimum atomic E-state index is 0.489. The summed E-state index contributed by atoms with van der Waals surface area (Å²) in [6, 6.07) is 6.94. The Bertz CT molecular complexity index is 933. The van der Waals surface area contributed by atoms with Crippen LogP contribution in [0.2, 0.25) is 5.02 Å². The molecule has 1 saturated heterocycles. The molecule has 28 heavy (non-hydrogen) atoms. The van der Waals surface area contributed by atoms with Gasteiger partial charge in [0.15, 0.2) is 0 Å². The highest BCUT2D eigenvalue weighted by Crippen LogP contribution is 2.34. The first-order valence-corrected chi connectivity index (χ1v) is 10.8. The highest BCUT2D eigenvalue weighted by atomic mass is 35.5. The van der Waals surface area contributed by atoms with Crippen molar-refractivity contribution in [1.29, 1.82) is 0 Å². The van der Waals surface area contributed by atoms with E-state index in [4.69, 9.17) is 16.6 Å². The molecule has 0 amide bonds. The van der Waals surface area contributed by atoms with Crippen LogP contribution in [0.4, 0.5) is 0 Å². The largest absolute Gasteiger partial charge is 0.369 e. The van der Waals surface area contributed by atoms with Crippen molar-refractivity contribution in [3.63, 3.8) is 0 Å². The van der Waals surface area contributed by atoms with Gasteiger partial charge < -0.3 is 9.80 Å². The molecule has 2 aromatic rings. The van der Waals surface area contributed by atoms with E-state index in [1.165, 1.54) is 24.1 Å². The Morgan fingerprint density at radius 2 is 2.00 bits per heavy atom. The van der Waals surface area contributed by atoms with Crippen molar-refractivity contribution < 1.29 is 0 Å². The van der Waals surface area contributed by atoms with Gasteiger partial charge >= 0.3 is 0 Å². The fraction of sp³-hybridized carbons (Fsp3) is 0.458. The third-order valence-corrected chi connectivity index (χ3v) is 6.78. The van der Waals surface area contributed by atoms with Gasteiger partial charge in [0.25, 0.3) is 0 Å². The number of benzene rings is 1. The fourth-order valence-electron chi connectivity index (χ4n) is 4.68. The number of rotatable bonds is 4. The van der Waals surface area contributed by atoms with Gasteiger partial charge in [-0.15, -0.1) is 0 Å². The molecule has 0 spiro atoms. The number of aryl methyl sites for hydroxylation is 1. The van der Waals surface area contributed by atoms with Gasteiger partial charge in [-0.3, -0.25) is 4.98 Å². The molecule has 148 valence electrons. The number of piperazine rings is 1. The Morgan fingerprint density at radius 3 is 2.75 bits per heavy atom. The van der Waals surface area contributed by atoms with Crippen LogP contribution in [-0.4, -0.2) is 40.5 Å². The molecule has 0 saturated carbocycles. The number of hydrogen-bond acceptors (Lipinski definition) is 3. The highest BCUT2D eigenvalue weighted by molar-refractivity contribution is 6.36. The molecular formula is C24H30ClN3. The van der Waals surface area contributed by atoms with Crippen LogP contribution >= 0.6 is 11.6 Å². The maximum Gasteiger partial charge on any atom is 0.0727 e. The van der Waals surface area contributed by atoms with E-state index in [1.807, 2.05) is 0 Å². The fourth-order valence-corrected chi connectivity index (χ4v) is 5.04. The Balaban J connectivity index is 1.62. The van der Waals surface area contributed by atoms with Crippen LogP contribution in [0.25, 0.3) is 16.6 Å². The molecule has 3 nitrogen and oxygen atoms in total. The molecule has 2 heterocycles. The molecule has 1 aromatic carbocycles. The number of allylic oxidation sites excluding steroid dienone is 1. The van der Waals surface area contributed by atoms with Gasteiger partial charge in [-0.05, 0) is 56.2 Å². The maximum atomic E-state index is 6.74. The van der Waals surface area contributed by atoms with Crippen molar-refractivity contribution in [2.75, 3.05) is 19.6 Å². The van der Waals surface area contributed by atoms with E-state index in [1.54, 1.807) is 0 Å². The van der Waals surface area contributed by atoms with Crippen LogP contribution in [0.1, 0.15) is 49.9 Å². The van der Waals surface area contributed by atoms with E-state index in [2.05, 4.69) is 55.0 Å². The van der Waals surface area contributed by atoms with E-state index in [9.17, 15) is 0 Å². The molecule has 1 atom stereocenters. The van der Waals surface area contributed by atoms with Crippen LogP contribution in [0.15, 0.2) is 37.1 Å². The zero-order chi connectivity index (χ0) is 19.8. The lowest BCUT2D eigenvalue weighted by atomic mass is 9.94. The molecule has 1 aliphatic heterocycles. The zero-order valence-electron chi connectivity index (χ0n) is 17.1. The molecule has 0 bridgehead atoms. The summed E-state index contributed by atoms with van der Waals surface area (Å²) >= 11 is 6.74. The second kappa shape index (κ2) is 7.79. The van der Waals surface area contributed by atoms with Crippen molar-refractivity contribution in [2.24, 2.45) is 0 Å². The van der Waals surface area contributed by atoms with Crippen LogP contribution in [0.3, 0.4) is 0 Å². The maximum absolute atomic E-state index is 6.74. The summed E-state index contributed by atoms with van der Waals surface area (Å²) in [7, 11) is 0. The molecule has 4 rings (SSSR count). The van der Waals surface area contributed by atoms with E-state index in [0.29, 0.717) is 6.04 Å². The zero-order valence-corrected chi connectivity index (χ0v) is 17.9. The van der Waals surface area contributed by atoms with Crippen molar-refractivity contribution in [3.8, 4) is 0 Å². The molecule has 0 radical (unpaired) electrons. The van der Waals surface area contributed by atoms with Crippen LogP contribution in [0, 0.1) is 0 Å². The van der Waals surface area contributed by atoms with Crippen LogP contribution in [0.5, 0.6) is 0 Å². The topological polar surface area (TPSA) is 19.4 Å². The third-order valence-electron chi connectivity index (χ3n) is 6.35. The predicted molar refractivity (Wildman–Crippen MR) is 120 cm³/mol. The molecule has 1 unspecified atom stereocenters. The van der Waals surface area contributed by atoms with Crippen molar-refractivity contribution in [2.45, 2.75) is 52.0 Å².